The van der Waals surface area contributed by atoms with Crippen LogP contribution in [0.1, 0.15) is 34.3 Å². The zero-order valence-corrected chi connectivity index (χ0v) is 15.8. The third-order valence-electron chi connectivity index (χ3n) is 4.95. The van der Waals surface area contributed by atoms with Crippen LogP contribution in [0.15, 0.2) is 67.3 Å². The summed E-state index contributed by atoms with van der Waals surface area (Å²) in [6, 6.07) is 13.6. The highest BCUT2D eigenvalue weighted by Crippen LogP contribution is 2.18. The molecule has 1 aliphatic rings. The lowest BCUT2D eigenvalue weighted by atomic mass is 10.1. The molecule has 0 radical (unpaired) electrons. The second-order valence-corrected chi connectivity index (χ2v) is 7.09. The van der Waals surface area contributed by atoms with Crippen LogP contribution in [0.3, 0.4) is 0 Å². The summed E-state index contributed by atoms with van der Waals surface area (Å²) in [5.74, 6) is 0.0667. The minimum atomic E-state index is 0.0603. The van der Waals surface area contributed by atoms with Crippen LogP contribution in [0.5, 0.6) is 0 Å². The molecule has 6 heteroatoms. The summed E-state index contributed by atoms with van der Waals surface area (Å²) in [7, 11) is 0. The third kappa shape index (κ3) is 4.64. The Morgan fingerprint density at radius 2 is 2.07 bits per heavy atom. The number of piperidine rings is 1. The first kappa shape index (κ1) is 18.4. The lowest BCUT2D eigenvalue weighted by Gasteiger charge is -2.32. The number of aromatic nitrogens is 3. The van der Waals surface area contributed by atoms with E-state index >= 15 is 0 Å². The van der Waals surface area contributed by atoms with Gasteiger partial charge in [-0.2, -0.15) is 5.10 Å². The highest BCUT2D eigenvalue weighted by Gasteiger charge is 2.25. The molecule has 0 bridgehead atoms. The van der Waals surface area contributed by atoms with Gasteiger partial charge in [-0.3, -0.25) is 14.5 Å². The van der Waals surface area contributed by atoms with Crippen molar-refractivity contribution in [3.8, 4) is 0 Å². The summed E-state index contributed by atoms with van der Waals surface area (Å²) >= 11 is 0. The first-order chi connectivity index (χ1) is 13.8. The van der Waals surface area contributed by atoms with Gasteiger partial charge in [0.1, 0.15) is 0 Å². The second kappa shape index (κ2) is 8.80. The number of hydrogen-bond donors (Lipinski definition) is 0. The smallest absolute Gasteiger partial charge is 0.253 e. The zero-order chi connectivity index (χ0) is 19.2. The first-order valence-corrected chi connectivity index (χ1v) is 9.64. The van der Waals surface area contributed by atoms with Gasteiger partial charge in [-0.05, 0) is 48.2 Å². The number of rotatable bonds is 6. The molecule has 0 aliphatic carbocycles. The summed E-state index contributed by atoms with van der Waals surface area (Å²) < 4.78 is 7.89. The van der Waals surface area contributed by atoms with Crippen molar-refractivity contribution in [3.05, 3.63) is 83.9 Å². The van der Waals surface area contributed by atoms with E-state index in [1.807, 2.05) is 64.4 Å². The Balaban J connectivity index is 1.37. The number of amides is 1. The number of ether oxygens (including phenoxy) is 1. The van der Waals surface area contributed by atoms with Gasteiger partial charge in [0.2, 0.25) is 0 Å². The molecule has 1 amide bonds. The molecule has 1 saturated heterocycles. The van der Waals surface area contributed by atoms with Crippen LogP contribution in [0.2, 0.25) is 0 Å². The molecule has 6 nitrogen and oxygen atoms in total. The SMILES string of the molecule is O=C(c1cccc(Cn2cccn2)c1)N1CCC[C@H](OCc2cccnc2)C1. The molecule has 144 valence electrons. The number of carbonyl (C=O) groups excluding carboxylic acids is 1. The van der Waals surface area contributed by atoms with Crippen molar-refractivity contribution in [1.29, 1.82) is 0 Å². The fraction of sp³-hybridized carbons (Fsp3) is 0.318. The van der Waals surface area contributed by atoms with E-state index in [0.717, 1.165) is 36.1 Å². The summed E-state index contributed by atoms with van der Waals surface area (Å²) in [5, 5.41) is 4.23. The van der Waals surface area contributed by atoms with Crippen LogP contribution >= 0.6 is 0 Å². The summed E-state index contributed by atoms with van der Waals surface area (Å²) in [6.45, 7) is 2.59. The lowest BCUT2D eigenvalue weighted by Crippen LogP contribution is -2.43. The predicted molar refractivity (Wildman–Crippen MR) is 106 cm³/mol. The van der Waals surface area contributed by atoms with E-state index in [4.69, 9.17) is 4.74 Å². The second-order valence-electron chi connectivity index (χ2n) is 7.09. The van der Waals surface area contributed by atoms with Gasteiger partial charge in [-0.1, -0.05) is 18.2 Å². The fourth-order valence-electron chi connectivity index (χ4n) is 3.52. The maximum atomic E-state index is 13.0. The van der Waals surface area contributed by atoms with Gasteiger partial charge in [0.15, 0.2) is 0 Å². The Hall–Kier alpha value is -2.99. The summed E-state index contributed by atoms with van der Waals surface area (Å²) in [4.78, 5) is 19.0. The minimum Gasteiger partial charge on any atom is -0.372 e. The minimum absolute atomic E-state index is 0.0603. The van der Waals surface area contributed by atoms with Gasteiger partial charge in [0.25, 0.3) is 5.91 Å². The molecule has 0 unspecified atom stereocenters. The van der Waals surface area contributed by atoms with Crippen molar-refractivity contribution in [1.82, 2.24) is 19.7 Å². The topological polar surface area (TPSA) is 60.2 Å². The van der Waals surface area contributed by atoms with Gasteiger partial charge in [0.05, 0.1) is 19.3 Å². The molecule has 1 atom stereocenters. The van der Waals surface area contributed by atoms with Crippen molar-refractivity contribution in [2.75, 3.05) is 13.1 Å². The van der Waals surface area contributed by atoms with E-state index in [-0.39, 0.29) is 12.0 Å². The largest absolute Gasteiger partial charge is 0.372 e. The molecular weight excluding hydrogens is 352 g/mol. The van der Waals surface area contributed by atoms with Crippen molar-refractivity contribution < 1.29 is 9.53 Å². The molecule has 1 aromatic carbocycles. The molecular formula is C22H24N4O2. The average Bonchev–Trinajstić information content (AvgIpc) is 3.26. The molecule has 2 aromatic heterocycles. The summed E-state index contributed by atoms with van der Waals surface area (Å²) in [6.07, 6.45) is 9.24. The number of nitrogens with zero attached hydrogens (tertiary/aromatic N) is 4. The van der Waals surface area contributed by atoms with Crippen molar-refractivity contribution >= 4 is 5.91 Å². The third-order valence-corrected chi connectivity index (χ3v) is 4.95. The Morgan fingerprint density at radius 3 is 2.89 bits per heavy atom. The molecule has 1 aliphatic heterocycles. The van der Waals surface area contributed by atoms with Crippen molar-refractivity contribution in [2.24, 2.45) is 0 Å². The van der Waals surface area contributed by atoms with Crippen LogP contribution in [-0.2, 0) is 17.9 Å². The Morgan fingerprint density at radius 1 is 1.14 bits per heavy atom. The van der Waals surface area contributed by atoms with Gasteiger partial charge >= 0.3 is 0 Å². The molecule has 0 spiro atoms. The fourth-order valence-corrected chi connectivity index (χ4v) is 3.52. The Labute approximate surface area is 164 Å². The van der Waals surface area contributed by atoms with E-state index in [2.05, 4.69) is 10.1 Å². The van der Waals surface area contributed by atoms with Crippen molar-refractivity contribution in [2.45, 2.75) is 32.1 Å². The molecule has 3 aromatic rings. The predicted octanol–water partition coefficient (Wildman–Crippen LogP) is 3.15. The van der Waals surface area contributed by atoms with E-state index in [1.54, 1.807) is 12.4 Å². The van der Waals surface area contributed by atoms with Gasteiger partial charge < -0.3 is 9.64 Å². The van der Waals surface area contributed by atoms with Crippen LogP contribution in [0.4, 0.5) is 0 Å². The number of likely N-dealkylation sites (tertiary alicyclic amines) is 1. The van der Waals surface area contributed by atoms with E-state index in [0.29, 0.717) is 19.7 Å². The Kier molecular flexibility index (Phi) is 5.77. The first-order valence-electron chi connectivity index (χ1n) is 9.64. The van der Waals surface area contributed by atoms with Crippen LogP contribution in [0.25, 0.3) is 0 Å². The quantitative estimate of drug-likeness (QED) is 0.663. The molecule has 0 saturated carbocycles. The van der Waals surface area contributed by atoms with E-state index in [9.17, 15) is 4.79 Å². The van der Waals surface area contributed by atoms with Gasteiger partial charge in [0, 0.05) is 43.4 Å². The molecule has 4 rings (SSSR count). The van der Waals surface area contributed by atoms with Crippen LogP contribution in [0, 0.1) is 0 Å². The van der Waals surface area contributed by atoms with E-state index in [1.165, 1.54) is 0 Å². The van der Waals surface area contributed by atoms with Crippen molar-refractivity contribution in [3.63, 3.8) is 0 Å². The number of pyridine rings is 1. The average molecular weight is 376 g/mol. The maximum absolute atomic E-state index is 13.0. The lowest BCUT2D eigenvalue weighted by molar-refractivity contribution is -0.00681. The Bertz CT molecular complexity index is 896. The van der Waals surface area contributed by atoms with Crippen LogP contribution < -0.4 is 0 Å². The van der Waals surface area contributed by atoms with E-state index < -0.39 is 0 Å². The number of carbonyl (C=O) groups is 1. The normalized spacial score (nSPS) is 16.9. The highest BCUT2D eigenvalue weighted by atomic mass is 16.5. The molecule has 28 heavy (non-hydrogen) atoms. The zero-order valence-electron chi connectivity index (χ0n) is 15.8. The van der Waals surface area contributed by atoms with Crippen LogP contribution in [-0.4, -0.2) is 44.8 Å². The summed E-state index contributed by atoms with van der Waals surface area (Å²) in [5.41, 5.74) is 2.84. The monoisotopic (exact) mass is 376 g/mol. The maximum Gasteiger partial charge on any atom is 0.253 e. The number of benzene rings is 1. The molecule has 0 N–H and O–H groups in total. The standard InChI is InChI=1S/C22H24N4O2/c27-22(20-7-1-5-18(13-20)15-26-12-4-10-24-26)25-11-3-8-21(16-25)28-17-19-6-2-9-23-14-19/h1-2,4-7,9-10,12-14,21H,3,8,11,15-17H2/t21-/m0/s1. The molecule has 1 fully saturated rings. The van der Waals surface area contributed by atoms with Gasteiger partial charge in [-0.25, -0.2) is 0 Å². The molecule has 3 heterocycles. The number of hydrogen-bond acceptors (Lipinski definition) is 4. The van der Waals surface area contributed by atoms with Gasteiger partial charge in [-0.15, -0.1) is 0 Å². The highest BCUT2D eigenvalue weighted by molar-refractivity contribution is 5.94.